The topological polar surface area (TPSA) is 46.9 Å². The van der Waals surface area contributed by atoms with E-state index < -0.39 is 0 Å². The van der Waals surface area contributed by atoms with Crippen molar-refractivity contribution in [2.45, 2.75) is 19.9 Å². The van der Waals surface area contributed by atoms with Gasteiger partial charge in [-0.25, -0.2) is 4.98 Å². The second-order valence-electron chi connectivity index (χ2n) is 4.22. The van der Waals surface area contributed by atoms with Crippen LogP contribution >= 0.6 is 0 Å². The second kappa shape index (κ2) is 5.10. The third-order valence-electron chi connectivity index (χ3n) is 2.81. The molecular weight excluding hydrogens is 214 g/mol. The van der Waals surface area contributed by atoms with E-state index in [9.17, 15) is 4.79 Å². The van der Waals surface area contributed by atoms with Crippen LogP contribution in [0.2, 0.25) is 0 Å². The quantitative estimate of drug-likeness (QED) is 0.807. The van der Waals surface area contributed by atoms with E-state index in [0.717, 1.165) is 24.0 Å². The van der Waals surface area contributed by atoms with Crippen LogP contribution in [0.4, 0.5) is 0 Å². The molecule has 0 aliphatic rings. The smallest absolute Gasteiger partial charge is 0.261 e. The van der Waals surface area contributed by atoms with Crippen LogP contribution in [-0.4, -0.2) is 23.1 Å². The average molecular weight is 231 g/mol. The Hall–Kier alpha value is -1.68. The average Bonchev–Trinajstić information content (AvgIpc) is 2.33. The summed E-state index contributed by atoms with van der Waals surface area (Å²) in [5.74, 6) is 0. The normalized spacial score (nSPS) is 10.9. The second-order valence-corrected chi connectivity index (χ2v) is 4.22. The molecule has 0 unspecified atom stereocenters. The van der Waals surface area contributed by atoms with Gasteiger partial charge in [-0.05, 0) is 39.1 Å². The predicted octanol–water partition coefficient (Wildman–Crippen LogP) is 1.31. The van der Waals surface area contributed by atoms with Crippen LogP contribution in [-0.2, 0) is 6.54 Å². The minimum absolute atomic E-state index is 0.0507. The van der Waals surface area contributed by atoms with Crippen molar-refractivity contribution in [1.82, 2.24) is 14.9 Å². The van der Waals surface area contributed by atoms with Crippen LogP contribution < -0.4 is 10.9 Å². The van der Waals surface area contributed by atoms with E-state index in [1.54, 1.807) is 10.9 Å². The van der Waals surface area contributed by atoms with Gasteiger partial charge in [-0.1, -0.05) is 11.6 Å². The Labute approximate surface area is 100 Å². The molecule has 2 rings (SSSR count). The molecule has 0 saturated heterocycles. The molecule has 0 aliphatic heterocycles. The van der Waals surface area contributed by atoms with E-state index in [0.29, 0.717) is 11.9 Å². The minimum Gasteiger partial charge on any atom is -0.320 e. The summed E-state index contributed by atoms with van der Waals surface area (Å²) in [4.78, 5) is 16.5. The zero-order valence-corrected chi connectivity index (χ0v) is 10.2. The SMILES string of the molecule is CNCCCn1cnc2ccc(C)cc2c1=O. The Kier molecular flexibility index (Phi) is 3.54. The molecule has 0 spiro atoms. The van der Waals surface area contributed by atoms with Crippen molar-refractivity contribution in [3.63, 3.8) is 0 Å². The van der Waals surface area contributed by atoms with Crippen LogP contribution in [0.25, 0.3) is 10.9 Å². The van der Waals surface area contributed by atoms with E-state index in [4.69, 9.17) is 0 Å². The van der Waals surface area contributed by atoms with Gasteiger partial charge in [0.25, 0.3) is 5.56 Å². The van der Waals surface area contributed by atoms with Crippen molar-refractivity contribution in [2.24, 2.45) is 0 Å². The molecule has 1 aromatic carbocycles. The number of hydrogen-bond donors (Lipinski definition) is 1. The fourth-order valence-corrected chi connectivity index (χ4v) is 1.86. The molecule has 0 radical (unpaired) electrons. The molecule has 1 heterocycles. The lowest BCUT2D eigenvalue weighted by molar-refractivity contribution is 0.594. The Balaban J connectivity index is 2.39. The lowest BCUT2D eigenvalue weighted by Crippen LogP contribution is -2.22. The third-order valence-corrected chi connectivity index (χ3v) is 2.81. The summed E-state index contributed by atoms with van der Waals surface area (Å²) in [7, 11) is 1.91. The molecule has 4 nitrogen and oxygen atoms in total. The number of aryl methyl sites for hydroxylation is 2. The molecule has 2 aromatic rings. The lowest BCUT2D eigenvalue weighted by atomic mass is 10.2. The molecule has 0 amide bonds. The highest BCUT2D eigenvalue weighted by Crippen LogP contribution is 2.08. The van der Waals surface area contributed by atoms with Gasteiger partial charge in [-0.15, -0.1) is 0 Å². The van der Waals surface area contributed by atoms with Crippen molar-refractivity contribution in [1.29, 1.82) is 0 Å². The summed E-state index contributed by atoms with van der Waals surface area (Å²) < 4.78 is 1.68. The minimum atomic E-state index is 0.0507. The van der Waals surface area contributed by atoms with Gasteiger partial charge in [0, 0.05) is 6.54 Å². The molecule has 1 N–H and O–H groups in total. The largest absolute Gasteiger partial charge is 0.320 e. The predicted molar refractivity (Wildman–Crippen MR) is 69.3 cm³/mol. The first-order valence-corrected chi connectivity index (χ1v) is 5.83. The molecule has 1 aromatic heterocycles. The summed E-state index contributed by atoms with van der Waals surface area (Å²) in [6, 6.07) is 5.77. The number of nitrogens with one attached hydrogen (secondary N) is 1. The maximum Gasteiger partial charge on any atom is 0.261 e. The van der Waals surface area contributed by atoms with Gasteiger partial charge < -0.3 is 5.32 Å². The molecule has 17 heavy (non-hydrogen) atoms. The fraction of sp³-hybridized carbons (Fsp3) is 0.385. The number of nitrogens with zero attached hydrogens (tertiary/aromatic N) is 2. The molecule has 0 saturated carbocycles. The number of aromatic nitrogens is 2. The highest BCUT2D eigenvalue weighted by Gasteiger charge is 2.03. The molecule has 0 fully saturated rings. The van der Waals surface area contributed by atoms with E-state index in [-0.39, 0.29) is 5.56 Å². The first kappa shape index (κ1) is 11.8. The van der Waals surface area contributed by atoms with Crippen molar-refractivity contribution < 1.29 is 0 Å². The molecule has 90 valence electrons. The van der Waals surface area contributed by atoms with Gasteiger partial charge in [0.1, 0.15) is 0 Å². The Morgan fingerprint density at radius 2 is 2.24 bits per heavy atom. The Bertz CT molecular complexity index is 574. The summed E-state index contributed by atoms with van der Waals surface area (Å²) >= 11 is 0. The van der Waals surface area contributed by atoms with Crippen LogP contribution in [0.1, 0.15) is 12.0 Å². The van der Waals surface area contributed by atoms with Gasteiger partial charge in [0.15, 0.2) is 0 Å². The maximum absolute atomic E-state index is 12.2. The Morgan fingerprint density at radius 3 is 3.00 bits per heavy atom. The van der Waals surface area contributed by atoms with Gasteiger partial charge >= 0.3 is 0 Å². The van der Waals surface area contributed by atoms with Gasteiger partial charge in [0.2, 0.25) is 0 Å². The van der Waals surface area contributed by atoms with E-state index >= 15 is 0 Å². The summed E-state index contributed by atoms with van der Waals surface area (Å²) in [6.07, 6.45) is 2.56. The zero-order chi connectivity index (χ0) is 12.3. The highest BCUT2D eigenvalue weighted by atomic mass is 16.1. The van der Waals surface area contributed by atoms with Crippen LogP contribution in [0.3, 0.4) is 0 Å². The molecule has 0 atom stereocenters. The molecule has 0 aliphatic carbocycles. The zero-order valence-electron chi connectivity index (χ0n) is 10.2. The van der Waals surface area contributed by atoms with Gasteiger partial charge in [-0.3, -0.25) is 9.36 Å². The van der Waals surface area contributed by atoms with Gasteiger partial charge in [-0.2, -0.15) is 0 Å². The number of hydrogen-bond acceptors (Lipinski definition) is 3. The summed E-state index contributed by atoms with van der Waals surface area (Å²) in [5.41, 5.74) is 1.91. The van der Waals surface area contributed by atoms with Crippen LogP contribution in [0, 0.1) is 6.92 Å². The number of rotatable bonds is 4. The standard InChI is InChI=1S/C13H17N3O/c1-10-4-5-12-11(8-10)13(17)16(9-15-12)7-3-6-14-2/h4-5,8-9,14H,3,6-7H2,1-2H3. The Morgan fingerprint density at radius 1 is 1.41 bits per heavy atom. The molecule has 0 bridgehead atoms. The van der Waals surface area contributed by atoms with E-state index in [1.807, 2.05) is 32.2 Å². The summed E-state index contributed by atoms with van der Waals surface area (Å²) in [5, 5.41) is 3.77. The number of fused-ring (bicyclic) bond motifs is 1. The highest BCUT2D eigenvalue weighted by molar-refractivity contribution is 5.77. The first-order valence-electron chi connectivity index (χ1n) is 5.83. The van der Waals surface area contributed by atoms with Crippen molar-refractivity contribution in [3.8, 4) is 0 Å². The van der Waals surface area contributed by atoms with Crippen molar-refractivity contribution >= 4 is 10.9 Å². The van der Waals surface area contributed by atoms with Crippen molar-refractivity contribution in [3.05, 3.63) is 40.4 Å². The van der Waals surface area contributed by atoms with E-state index in [1.165, 1.54) is 0 Å². The first-order chi connectivity index (χ1) is 8.22. The summed E-state index contributed by atoms with van der Waals surface area (Å²) in [6.45, 7) is 3.59. The van der Waals surface area contributed by atoms with E-state index in [2.05, 4.69) is 10.3 Å². The number of benzene rings is 1. The monoisotopic (exact) mass is 231 g/mol. The van der Waals surface area contributed by atoms with Crippen molar-refractivity contribution in [2.75, 3.05) is 13.6 Å². The molecule has 4 heteroatoms. The third kappa shape index (κ3) is 2.53. The van der Waals surface area contributed by atoms with Crippen LogP contribution in [0.15, 0.2) is 29.3 Å². The lowest BCUT2D eigenvalue weighted by Gasteiger charge is -2.06. The maximum atomic E-state index is 12.2. The fourth-order valence-electron chi connectivity index (χ4n) is 1.86. The molecular formula is C13H17N3O. The van der Waals surface area contributed by atoms with Crippen LogP contribution in [0.5, 0.6) is 0 Å². The van der Waals surface area contributed by atoms with Gasteiger partial charge in [0.05, 0.1) is 17.2 Å².